The second kappa shape index (κ2) is 29.5. The molecule has 0 bridgehead atoms. The van der Waals surface area contributed by atoms with Gasteiger partial charge in [-0.2, -0.15) is 8.42 Å². The zero-order chi connectivity index (χ0) is 69.6. The molecular weight excluding hydrogens is 1290 g/mol. The fourth-order valence-electron chi connectivity index (χ4n) is 17.3. The molecule has 10 aliphatic rings. The van der Waals surface area contributed by atoms with Crippen molar-refractivity contribution in [3.05, 3.63) is 11.6 Å². The Hall–Kier alpha value is -1.80. The number of aliphatic hydroxyl groups excluding tert-OH is 14. The van der Waals surface area contributed by atoms with E-state index in [9.17, 15) is 94.4 Å². The fourth-order valence-corrected chi connectivity index (χ4v) is 17.8. The third-order valence-corrected chi connectivity index (χ3v) is 22.9. The number of hydrogen-bond donors (Lipinski definition) is 16. The summed E-state index contributed by atoms with van der Waals surface area (Å²) in [6.45, 7) is 13.8. The van der Waals surface area contributed by atoms with Crippen molar-refractivity contribution in [2.24, 2.45) is 40.4 Å². The molecule has 3 saturated carbocycles. The van der Waals surface area contributed by atoms with Crippen LogP contribution in [0, 0.1) is 40.4 Å². The summed E-state index contributed by atoms with van der Waals surface area (Å²) in [5.74, 6) is -0.942. The Morgan fingerprint density at radius 1 is 0.589 bits per heavy atom. The normalized spacial score (nSPS) is 52.0. The highest BCUT2D eigenvalue weighted by Crippen LogP contribution is 2.67. The first-order chi connectivity index (χ1) is 44.4. The number of fused-ring (bicyclic) bond motifs is 5. The minimum absolute atomic E-state index is 0.00706. The van der Waals surface area contributed by atoms with E-state index < -0.39 is 236 Å². The van der Waals surface area contributed by atoms with Crippen molar-refractivity contribution >= 4 is 16.2 Å². The molecule has 4 aliphatic carbocycles. The number of carbonyl (C=O) groups is 1. The molecule has 0 aromatic rings. The highest BCUT2D eigenvalue weighted by atomic mass is 32.3. The van der Waals surface area contributed by atoms with Crippen LogP contribution in [0.5, 0.6) is 0 Å². The van der Waals surface area contributed by atoms with E-state index >= 15 is 0 Å². The topological polar surface area (TPSA) is 495 Å². The van der Waals surface area contributed by atoms with Gasteiger partial charge in [0.15, 0.2) is 37.7 Å². The molecule has 32 nitrogen and oxygen atoms in total. The lowest BCUT2D eigenvalue weighted by Crippen LogP contribution is -2.69. The number of rotatable bonds is 20. The van der Waals surface area contributed by atoms with Gasteiger partial charge >= 0.3 is 10.4 Å². The Balaban J connectivity index is 0.933. The zero-order valence-electron chi connectivity index (χ0n) is 54.7. The highest BCUT2D eigenvalue weighted by Gasteiger charge is 2.64. The van der Waals surface area contributed by atoms with Crippen molar-refractivity contribution in [1.29, 1.82) is 0 Å². The number of ether oxygens (including phenoxy) is 12. The summed E-state index contributed by atoms with van der Waals surface area (Å²) >= 11 is 0. The van der Waals surface area contributed by atoms with E-state index in [1.54, 1.807) is 6.92 Å². The summed E-state index contributed by atoms with van der Waals surface area (Å²) in [5, 5.41) is 169. The van der Waals surface area contributed by atoms with Gasteiger partial charge in [-0.25, -0.2) is 4.18 Å². The first kappa shape index (κ1) is 75.9. The lowest BCUT2D eigenvalue weighted by molar-refractivity contribution is -0.411. The van der Waals surface area contributed by atoms with Gasteiger partial charge in [0.25, 0.3) is 0 Å². The second-order valence-electron chi connectivity index (χ2n) is 29.5. The van der Waals surface area contributed by atoms with E-state index in [4.69, 9.17) is 61.0 Å². The Kier molecular flexibility index (Phi) is 23.6. The lowest BCUT2D eigenvalue weighted by Gasteiger charge is -2.60. The predicted octanol–water partition coefficient (Wildman–Crippen LogP) is -3.82. The van der Waals surface area contributed by atoms with Crippen LogP contribution in [0.1, 0.15) is 120 Å². The van der Waals surface area contributed by atoms with Gasteiger partial charge in [0, 0.05) is 12.8 Å². The molecule has 0 amide bonds. The van der Waals surface area contributed by atoms with Gasteiger partial charge in [-0.1, -0.05) is 39.3 Å². The van der Waals surface area contributed by atoms with Crippen molar-refractivity contribution in [3.8, 4) is 0 Å². The molecule has 0 unspecified atom stereocenters. The minimum atomic E-state index is -4.92. The van der Waals surface area contributed by atoms with E-state index in [0.29, 0.717) is 38.5 Å². The molecule has 9 fully saturated rings. The maximum absolute atomic E-state index is 13.3. The third-order valence-electron chi connectivity index (χ3n) is 22.3. The molecule has 33 heteroatoms. The van der Waals surface area contributed by atoms with Crippen LogP contribution in [0.4, 0.5) is 0 Å². The molecule has 10 rings (SSSR count). The van der Waals surface area contributed by atoms with Crippen molar-refractivity contribution in [2.45, 2.75) is 316 Å². The van der Waals surface area contributed by atoms with Crippen LogP contribution in [-0.2, 0) is 76.2 Å². The van der Waals surface area contributed by atoms with Crippen LogP contribution in [0.2, 0.25) is 0 Å². The quantitative estimate of drug-likeness (QED) is 0.0410. The molecule has 6 saturated heterocycles. The maximum Gasteiger partial charge on any atom is 0.397 e. The van der Waals surface area contributed by atoms with Crippen molar-refractivity contribution < 1.29 is 155 Å². The number of aliphatic hydroxyl groups is 15. The zero-order valence-corrected chi connectivity index (χ0v) is 55.6. The maximum atomic E-state index is 13.3. The SMILES string of the molecule is CC(C)CC(=O)C[C@](C)(O)[C@H]1CC[C@H]2[C@@H]3C[C@H](O[C@@H]4O[C@H](C)[C@@H](O)[C@H](O[C@@H]5O[C@H](C)[C@@H](O[C@@H]6O[C@H](CO)[C@@H](O[C@@H]7O[C@H](C)[C@H](O)[C@H](O)[C@H]7O)[C@H](O)[C@H]6O[C@@H]6OC[C@@H](O)[C@H](O)[C@H]6O)[C@H](O)[C@H]5O[C@@H]5O[C@H](C)[C@@H](O)[C@H](O)[C@H]5O)[C@H]4O)[C@H]4C[C@@H](OS(=O)(=O)O)CC[C@]4(C)C3=CC[C@@]21C. The predicted molar refractivity (Wildman–Crippen MR) is 317 cm³/mol. The molecule has 6 aliphatic heterocycles. The van der Waals surface area contributed by atoms with Crippen LogP contribution in [-0.4, -0.2) is 305 Å². The van der Waals surface area contributed by atoms with Crippen LogP contribution >= 0.6 is 0 Å². The molecule has 548 valence electrons. The molecule has 6 heterocycles. The highest BCUT2D eigenvalue weighted by molar-refractivity contribution is 7.80. The average Bonchev–Trinajstić information content (AvgIpc) is 1.68. The number of ketones is 1. The van der Waals surface area contributed by atoms with Gasteiger partial charge in [0.05, 0.1) is 55.4 Å². The third kappa shape index (κ3) is 15.2. The van der Waals surface area contributed by atoms with Crippen molar-refractivity contribution in [2.75, 3.05) is 13.2 Å². The largest absolute Gasteiger partial charge is 0.397 e. The fraction of sp³-hybridized carbons (Fsp3) is 0.952. The van der Waals surface area contributed by atoms with Gasteiger partial charge in [0.1, 0.15) is 122 Å². The van der Waals surface area contributed by atoms with Crippen LogP contribution < -0.4 is 0 Å². The summed E-state index contributed by atoms with van der Waals surface area (Å²) in [6, 6.07) is 0. The second-order valence-corrected chi connectivity index (χ2v) is 30.5. The standard InChI is InChI=1S/C62H102O32S/c1-22(2)16-27(64)19-62(9,78)36-11-10-30-29-18-34(32-17-28(94-95(79,80)81)12-14-60(32,7)31(29)13-15-61(30,36)8)87-57-48(77)51(39(68)25(5)85-57)91-58-52(93-56-45(74)42(71)38(67)24(4)84-56)46(75)49(26(6)86-58)89-59-53(92-54-43(72)40(69)33(65)21-82-54)47(76)50(35(20-63)88-59)90-55-44(73)41(70)37(66)23(3)83-55/h13,22-26,28-30,32-59,63,65-78H,10-12,14-21H2,1-9H3,(H,79,80,81)/t23-,24-,25-,26-,28+,29+,30+,32-,33-,34+,35-,36+,37+,38-,39-,40+,41+,42+,43-,44-,45-,46+,47+,48-,49-,50-,51+,52-,53-,54+,55+,56+,57+,58+,59+,60-,61+,62+/m1/s1. The molecule has 16 N–H and O–H groups in total. The Bertz CT molecular complexity index is 2730. The first-order valence-corrected chi connectivity index (χ1v) is 34.6. The summed E-state index contributed by atoms with van der Waals surface area (Å²) in [5.41, 5.74) is -1.36. The number of allylic oxidation sites excluding steroid dienone is 2. The molecule has 0 aromatic carbocycles. The van der Waals surface area contributed by atoms with E-state index in [2.05, 4.69) is 19.9 Å². The van der Waals surface area contributed by atoms with Gasteiger partial charge in [-0.3, -0.25) is 9.35 Å². The monoisotopic (exact) mass is 1390 g/mol. The summed E-state index contributed by atoms with van der Waals surface area (Å²) in [6.07, 6.45) is -47.6. The lowest BCUT2D eigenvalue weighted by atomic mass is 9.47. The summed E-state index contributed by atoms with van der Waals surface area (Å²) in [4.78, 5) is 13.3. The van der Waals surface area contributed by atoms with Crippen LogP contribution in [0.15, 0.2) is 11.6 Å². The average molecular weight is 1390 g/mol. The molecular formula is C62H102O32S. The van der Waals surface area contributed by atoms with Gasteiger partial charge in [-0.15, -0.1) is 0 Å². The van der Waals surface area contributed by atoms with Gasteiger partial charge in [0.2, 0.25) is 0 Å². The van der Waals surface area contributed by atoms with Crippen molar-refractivity contribution in [1.82, 2.24) is 0 Å². The Labute approximate surface area is 551 Å². The molecule has 0 radical (unpaired) electrons. The van der Waals surface area contributed by atoms with Crippen LogP contribution in [0.25, 0.3) is 0 Å². The molecule has 0 spiro atoms. The number of hydrogen-bond acceptors (Lipinski definition) is 31. The smallest absolute Gasteiger partial charge is 0.394 e. The molecule has 95 heavy (non-hydrogen) atoms. The van der Waals surface area contributed by atoms with E-state index in [-0.39, 0.29) is 48.7 Å². The van der Waals surface area contributed by atoms with Crippen LogP contribution in [0.3, 0.4) is 0 Å². The summed E-state index contributed by atoms with van der Waals surface area (Å²) in [7, 11) is -4.92. The Morgan fingerprint density at radius 2 is 1.11 bits per heavy atom. The number of carbonyl (C=O) groups excluding carboxylic acids is 1. The minimum Gasteiger partial charge on any atom is -0.394 e. The summed E-state index contributed by atoms with van der Waals surface area (Å²) < 4.78 is 113. The van der Waals surface area contributed by atoms with E-state index in [1.807, 2.05) is 13.8 Å². The van der Waals surface area contributed by atoms with Crippen molar-refractivity contribution in [3.63, 3.8) is 0 Å². The van der Waals surface area contributed by atoms with Gasteiger partial charge < -0.3 is 133 Å². The molecule has 0 aromatic heterocycles. The Morgan fingerprint density at radius 3 is 1.69 bits per heavy atom. The first-order valence-electron chi connectivity index (χ1n) is 33.3. The van der Waals surface area contributed by atoms with Gasteiger partial charge in [-0.05, 0) is 120 Å². The van der Waals surface area contributed by atoms with E-state index in [1.165, 1.54) is 27.7 Å². The molecule has 38 atom stereocenters. The number of Topliss-reactive ketones (excluding diaryl/α,β-unsaturated/α-hetero) is 1. The van der Waals surface area contributed by atoms with E-state index in [0.717, 1.165) is 5.57 Å².